The normalized spacial score (nSPS) is 32.4. The molecule has 3 fully saturated rings. The second kappa shape index (κ2) is 17.1. The van der Waals surface area contributed by atoms with Gasteiger partial charge in [0, 0.05) is 25.2 Å². The number of nitrogens with one attached hydrogen (secondary N) is 1. The third kappa shape index (κ3) is 8.66. The van der Waals surface area contributed by atoms with Gasteiger partial charge in [0.2, 0.25) is 0 Å². The molecular weight excluding hydrogens is 798 g/mol. The number of aliphatic hydroxyl groups is 3. The second-order valence-corrected chi connectivity index (χ2v) is 18.2. The van der Waals surface area contributed by atoms with Gasteiger partial charge in [0.25, 0.3) is 0 Å². The first kappa shape index (κ1) is 47.2. The monoisotopic (exact) mass is 857 g/mol. The summed E-state index contributed by atoms with van der Waals surface area (Å²) >= 11 is 0. The van der Waals surface area contributed by atoms with Crippen molar-refractivity contribution in [2.24, 2.45) is 16.7 Å². The van der Waals surface area contributed by atoms with Gasteiger partial charge in [-0.25, -0.2) is 19.2 Å². The van der Waals surface area contributed by atoms with Crippen LogP contribution in [0, 0.1) is 16.7 Å². The molecule has 0 aromatic heterocycles. The van der Waals surface area contributed by atoms with Gasteiger partial charge in [-0.05, 0) is 78.7 Å². The van der Waals surface area contributed by atoms with Crippen molar-refractivity contribution in [1.29, 1.82) is 0 Å². The predicted octanol–water partition coefficient (Wildman–Crippen LogP) is 4.03. The van der Waals surface area contributed by atoms with Crippen molar-refractivity contribution in [3.05, 3.63) is 58.7 Å². The Hall–Kier alpha value is -4.84. The molecule has 0 spiro atoms. The number of ketones is 1. The summed E-state index contributed by atoms with van der Waals surface area (Å²) in [5, 5.41) is 39.7. The highest BCUT2D eigenvalue weighted by Gasteiger charge is 2.78. The molecule has 61 heavy (non-hydrogen) atoms. The lowest BCUT2D eigenvalue weighted by Gasteiger charge is -2.67. The number of hydrogen-bond donors (Lipinski definition) is 4. The first-order valence-electron chi connectivity index (χ1n) is 20.3. The molecular formula is C44H59NO16. The molecule has 4 aliphatic rings. The lowest BCUT2D eigenvalue weighted by Crippen LogP contribution is -2.82. The fourth-order valence-electron chi connectivity index (χ4n) is 9.47. The Morgan fingerprint density at radius 2 is 1.66 bits per heavy atom. The number of benzene rings is 1. The van der Waals surface area contributed by atoms with Crippen LogP contribution in [0.3, 0.4) is 0 Å². The summed E-state index contributed by atoms with van der Waals surface area (Å²) in [6.45, 7) is 16.4. The fraction of sp³-hybridized carbons (Fsp3) is 0.636. The van der Waals surface area contributed by atoms with Crippen LogP contribution in [-0.4, -0.2) is 124 Å². The first-order valence-corrected chi connectivity index (χ1v) is 20.3. The van der Waals surface area contributed by atoms with Crippen molar-refractivity contribution in [3.63, 3.8) is 0 Å². The Morgan fingerprint density at radius 3 is 2.20 bits per heavy atom. The van der Waals surface area contributed by atoms with Crippen LogP contribution in [0.1, 0.15) is 99.4 Å². The van der Waals surface area contributed by atoms with Gasteiger partial charge in [0.1, 0.15) is 29.5 Å². The molecule has 3 aliphatic carbocycles. The quantitative estimate of drug-likeness (QED) is 0.148. The Bertz CT molecular complexity index is 1970. The number of ether oxygens (including phenoxy) is 7. The standard InChI is InChI=1S/C44H59NO16/c1-12-55-39(53)58-32-30-23(4)27(57-37(51)31(48)26(18-22(2)3)45-38(52)61-40(6,7)8)20-44(54,41(30,9)10)35(59-36(50)25-16-14-13-15-17-25)33-42(11,34(32)49)28(47)19-29-43(33,21-56-29)60-24(5)46/h13-18,26-29,31-33,35,47-48,54H,12,19-21H2,1-11H3,(H,45,52)/t26-,27-,28-,29+,31+,32+,33?,35-,42+,43-,44+/m0/s1. The molecule has 336 valence electrons. The SMILES string of the molecule is CCOC(=O)O[C@H]1C(=O)[C@@]2(C)C([C@H](OC(=O)c3ccccc3)[C@]3(O)C[C@H](OC(=O)[C@H](O)[C@H](C=C(C)C)NC(=O)OC(C)(C)C)C(C)=C1C3(C)C)[C@]1(OC(C)=O)CO[C@@H]1C[C@@H]2O. The van der Waals surface area contributed by atoms with Gasteiger partial charge in [-0.3, -0.25) is 9.59 Å². The number of amides is 1. The zero-order valence-electron chi connectivity index (χ0n) is 36.6. The van der Waals surface area contributed by atoms with E-state index in [1.165, 1.54) is 52.8 Å². The van der Waals surface area contributed by atoms with E-state index in [9.17, 15) is 39.3 Å². The summed E-state index contributed by atoms with van der Waals surface area (Å²) in [6.07, 6.45) is -11.6. The predicted molar refractivity (Wildman–Crippen MR) is 214 cm³/mol. The van der Waals surface area contributed by atoms with E-state index in [-0.39, 0.29) is 36.3 Å². The first-order chi connectivity index (χ1) is 28.2. The number of esters is 3. The number of fused-ring (bicyclic) bond motifs is 5. The maximum atomic E-state index is 15.5. The number of hydrogen-bond acceptors (Lipinski definition) is 16. The van der Waals surface area contributed by atoms with E-state index in [0.717, 1.165) is 6.92 Å². The molecule has 1 aromatic rings. The number of alkyl carbamates (subject to hydrolysis) is 1. The summed E-state index contributed by atoms with van der Waals surface area (Å²) in [4.78, 5) is 82.9. The third-order valence-electron chi connectivity index (χ3n) is 12.4. The Kier molecular flexibility index (Phi) is 13.3. The van der Waals surface area contributed by atoms with Crippen LogP contribution in [0.25, 0.3) is 0 Å². The number of carbonyl (C=O) groups is 6. The number of allylic oxidation sites excluding steroid dienone is 1. The van der Waals surface area contributed by atoms with Gasteiger partial charge in [0.15, 0.2) is 23.6 Å². The molecule has 4 N–H and O–H groups in total. The van der Waals surface area contributed by atoms with Crippen molar-refractivity contribution in [2.75, 3.05) is 13.2 Å². The molecule has 17 heteroatoms. The average molecular weight is 858 g/mol. The van der Waals surface area contributed by atoms with Crippen molar-refractivity contribution in [1.82, 2.24) is 5.32 Å². The minimum atomic E-state index is -2.43. The highest BCUT2D eigenvalue weighted by molar-refractivity contribution is 5.95. The summed E-state index contributed by atoms with van der Waals surface area (Å²) in [7, 11) is 0. The highest BCUT2D eigenvalue weighted by Crippen LogP contribution is 2.64. The van der Waals surface area contributed by atoms with Crippen molar-refractivity contribution >= 4 is 35.9 Å². The van der Waals surface area contributed by atoms with Crippen LogP contribution in [-0.2, 0) is 47.5 Å². The van der Waals surface area contributed by atoms with E-state index in [1.807, 2.05) is 0 Å². The van der Waals surface area contributed by atoms with E-state index in [2.05, 4.69) is 5.32 Å². The number of rotatable bonds is 10. The van der Waals surface area contributed by atoms with Crippen LogP contribution in [0.5, 0.6) is 0 Å². The molecule has 5 rings (SSSR count). The van der Waals surface area contributed by atoms with E-state index in [1.54, 1.807) is 52.8 Å². The lowest BCUT2D eigenvalue weighted by atomic mass is 9.44. The van der Waals surface area contributed by atoms with Crippen LogP contribution in [0.15, 0.2) is 53.1 Å². The van der Waals surface area contributed by atoms with E-state index in [4.69, 9.17) is 33.2 Å². The molecule has 2 bridgehead atoms. The minimum absolute atomic E-state index is 0.0541. The summed E-state index contributed by atoms with van der Waals surface area (Å²) < 4.78 is 40.6. The molecule has 1 unspecified atom stereocenters. The van der Waals surface area contributed by atoms with Gasteiger partial charge >= 0.3 is 30.2 Å². The Labute approximate surface area is 355 Å². The number of aliphatic hydroxyl groups excluding tert-OH is 2. The van der Waals surface area contributed by atoms with Crippen molar-refractivity contribution < 1.29 is 77.2 Å². The molecule has 1 aromatic carbocycles. The molecule has 1 aliphatic heterocycles. The van der Waals surface area contributed by atoms with Crippen LogP contribution < -0.4 is 5.32 Å². The van der Waals surface area contributed by atoms with Crippen LogP contribution in [0.2, 0.25) is 0 Å². The fourth-order valence-corrected chi connectivity index (χ4v) is 9.47. The molecule has 11 atom stereocenters. The van der Waals surface area contributed by atoms with Gasteiger partial charge in [-0.1, -0.05) is 43.7 Å². The van der Waals surface area contributed by atoms with Crippen LogP contribution in [0.4, 0.5) is 9.59 Å². The van der Waals surface area contributed by atoms with E-state index < -0.39 is 119 Å². The highest BCUT2D eigenvalue weighted by atomic mass is 16.7. The van der Waals surface area contributed by atoms with Gasteiger partial charge in [0.05, 0.1) is 42.3 Å². The molecule has 2 saturated carbocycles. The third-order valence-corrected chi connectivity index (χ3v) is 12.4. The molecule has 0 radical (unpaired) electrons. The maximum absolute atomic E-state index is 15.5. The van der Waals surface area contributed by atoms with Gasteiger partial charge < -0.3 is 53.8 Å². The average Bonchev–Trinajstić information content (AvgIpc) is 3.14. The lowest BCUT2D eigenvalue weighted by molar-refractivity contribution is -0.346. The molecule has 1 amide bonds. The van der Waals surface area contributed by atoms with E-state index >= 15 is 4.79 Å². The zero-order chi connectivity index (χ0) is 45.6. The van der Waals surface area contributed by atoms with Crippen molar-refractivity contribution in [3.8, 4) is 0 Å². The Morgan fingerprint density at radius 1 is 1.02 bits per heavy atom. The Balaban J connectivity index is 1.75. The minimum Gasteiger partial charge on any atom is -0.456 e. The molecule has 1 heterocycles. The smallest absolute Gasteiger partial charge is 0.456 e. The summed E-state index contributed by atoms with van der Waals surface area (Å²) in [6, 6.07) is 6.42. The van der Waals surface area contributed by atoms with Gasteiger partial charge in [-0.15, -0.1) is 0 Å². The number of Topliss-reactive ketones (excluding diaryl/α,β-unsaturated/α-hetero) is 1. The van der Waals surface area contributed by atoms with Gasteiger partial charge in [-0.2, -0.15) is 0 Å². The maximum Gasteiger partial charge on any atom is 0.509 e. The summed E-state index contributed by atoms with van der Waals surface area (Å²) in [5.74, 6) is -5.53. The summed E-state index contributed by atoms with van der Waals surface area (Å²) in [5.41, 5.74) is -8.25. The van der Waals surface area contributed by atoms with Crippen molar-refractivity contribution in [2.45, 2.75) is 148 Å². The molecule has 1 saturated heterocycles. The topological polar surface area (TPSA) is 240 Å². The van der Waals surface area contributed by atoms with E-state index in [0.29, 0.717) is 5.57 Å². The second-order valence-electron chi connectivity index (χ2n) is 18.2. The largest absolute Gasteiger partial charge is 0.509 e. The van der Waals surface area contributed by atoms with Crippen LogP contribution >= 0.6 is 0 Å². The zero-order valence-corrected chi connectivity index (χ0v) is 36.6. The number of carbonyl (C=O) groups excluding carboxylic acids is 6. The molecule has 17 nitrogen and oxygen atoms in total.